The number of aliphatic hydroxyl groups is 1. The molecule has 0 aromatic rings. The van der Waals surface area contributed by atoms with Crippen LogP contribution in [0.4, 0.5) is 0 Å². The topological polar surface area (TPSA) is 49.3 Å². The lowest BCUT2D eigenvalue weighted by Gasteiger charge is -2.00. The van der Waals surface area contributed by atoms with Gasteiger partial charge in [0.1, 0.15) is 6.10 Å². The van der Waals surface area contributed by atoms with Crippen LogP contribution in [0, 0.1) is 5.92 Å². The fourth-order valence-electron chi connectivity index (χ4n) is 0.736. The number of carbonyl (C=O) groups excluding carboxylic acids is 1. The van der Waals surface area contributed by atoms with Crippen LogP contribution in [0.15, 0.2) is 0 Å². The highest BCUT2D eigenvalue weighted by Crippen LogP contribution is 2.06. The van der Waals surface area contributed by atoms with E-state index < -0.39 is 6.10 Å². The first-order valence-electron chi connectivity index (χ1n) is 2.67. The number of rotatable bonds is 0. The largest absolute Gasteiger partial charge is 0.383 e. The third-order valence-electron chi connectivity index (χ3n) is 1.41. The molecular weight excluding hydrogens is 106 g/mol. The molecule has 1 aliphatic heterocycles. The second-order valence-electron chi connectivity index (χ2n) is 2.17. The summed E-state index contributed by atoms with van der Waals surface area (Å²) in [5, 5.41) is 11.4. The molecule has 3 nitrogen and oxygen atoms in total. The van der Waals surface area contributed by atoms with Gasteiger partial charge in [-0.3, -0.25) is 4.79 Å². The van der Waals surface area contributed by atoms with Gasteiger partial charge < -0.3 is 10.4 Å². The first-order valence-corrected chi connectivity index (χ1v) is 2.67. The molecule has 1 aliphatic rings. The van der Waals surface area contributed by atoms with Crippen molar-refractivity contribution in [2.45, 2.75) is 13.0 Å². The van der Waals surface area contributed by atoms with Gasteiger partial charge in [-0.1, -0.05) is 6.92 Å². The minimum atomic E-state index is -0.769. The van der Waals surface area contributed by atoms with Crippen LogP contribution in [0.2, 0.25) is 0 Å². The van der Waals surface area contributed by atoms with Gasteiger partial charge in [-0.05, 0) is 0 Å². The van der Waals surface area contributed by atoms with Crippen LogP contribution in [-0.4, -0.2) is 23.7 Å². The van der Waals surface area contributed by atoms with Gasteiger partial charge in [0.2, 0.25) is 5.91 Å². The Morgan fingerprint density at radius 2 is 2.50 bits per heavy atom. The summed E-state index contributed by atoms with van der Waals surface area (Å²) >= 11 is 0. The molecule has 0 saturated carbocycles. The van der Waals surface area contributed by atoms with Crippen molar-refractivity contribution in [2.24, 2.45) is 5.92 Å². The lowest BCUT2D eigenvalue weighted by Crippen LogP contribution is -2.23. The summed E-state index contributed by atoms with van der Waals surface area (Å²) in [7, 11) is 0. The van der Waals surface area contributed by atoms with E-state index in [-0.39, 0.29) is 11.8 Å². The van der Waals surface area contributed by atoms with Crippen LogP contribution in [-0.2, 0) is 4.79 Å². The number of carbonyl (C=O) groups is 1. The predicted octanol–water partition coefficient (Wildman–Crippen LogP) is -0.887. The summed E-state index contributed by atoms with van der Waals surface area (Å²) < 4.78 is 0. The van der Waals surface area contributed by atoms with Crippen molar-refractivity contribution in [1.29, 1.82) is 0 Å². The van der Waals surface area contributed by atoms with Crippen molar-refractivity contribution in [3.63, 3.8) is 0 Å². The second kappa shape index (κ2) is 1.74. The summed E-state index contributed by atoms with van der Waals surface area (Å²) in [6.45, 7) is 2.45. The molecule has 0 aromatic heterocycles. The van der Waals surface area contributed by atoms with Gasteiger partial charge in [-0.2, -0.15) is 0 Å². The van der Waals surface area contributed by atoms with Crippen LogP contribution in [0.5, 0.6) is 0 Å². The molecule has 1 rings (SSSR count). The number of amides is 1. The highest BCUT2D eigenvalue weighted by Gasteiger charge is 2.28. The van der Waals surface area contributed by atoms with Crippen LogP contribution < -0.4 is 5.32 Å². The Kier molecular flexibility index (Phi) is 1.21. The highest BCUT2D eigenvalue weighted by molar-refractivity contribution is 5.82. The number of hydrogen-bond donors (Lipinski definition) is 2. The Hall–Kier alpha value is -0.570. The molecule has 46 valence electrons. The average molecular weight is 115 g/mol. The molecule has 1 heterocycles. The molecule has 1 saturated heterocycles. The van der Waals surface area contributed by atoms with Crippen molar-refractivity contribution in [3.05, 3.63) is 0 Å². The van der Waals surface area contributed by atoms with Crippen molar-refractivity contribution in [2.75, 3.05) is 6.54 Å². The standard InChI is InChI=1S/C5H9NO2/c1-3-2-6-5(8)4(3)7/h3-4,7H,2H2,1H3,(H,6,8)/t3?,4-/m0/s1. The first-order chi connectivity index (χ1) is 3.72. The smallest absolute Gasteiger partial charge is 0.249 e. The van der Waals surface area contributed by atoms with Crippen molar-refractivity contribution < 1.29 is 9.90 Å². The zero-order valence-corrected chi connectivity index (χ0v) is 4.72. The summed E-state index contributed by atoms with van der Waals surface area (Å²) in [5.41, 5.74) is 0. The third kappa shape index (κ3) is 0.690. The molecule has 0 aromatic carbocycles. The van der Waals surface area contributed by atoms with Crippen molar-refractivity contribution >= 4 is 5.91 Å². The van der Waals surface area contributed by atoms with Gasteiger partial charge in [0, 0.05) is 12.5 Å². The monoisotopic (exact) mass is 115 g/mol. The van der Waals surface area contributed by atoms with Crippen LogP contribution in [0.3, 0.4) is 0 Å². The van der Waals surface area contributed by atoms with Gasteiger partial charge in [0.15, 0.2) is 0 Å². The van der Waals surface area contributed by atoms with Crippen LogP contribution >= 0.6 is 0 Å². The number of hydrogen-bond acceptors (Lipinski definition) is 2. The Balaban J connectivity index is 2.56. The maximum Gasteiger partial charge on any atom is 0.249 e. The zero-order chi connectivity index (χ0) is 6.15. The Morgan fingerprint density at radius 1 is 1.88 bits per heavy atom. The Bertz CT molecular complexity index is 113. The lowest BCUT2D eigenvalue weighted by molar-refractivity contribution is -0.126. The average Bonchev–Trinajstić information content (AvgIpc) is 1.98. The molecule has 0 radical (unpaired) electrons. The molecule has 0 bridgehead atoms. The minimum absolute atomic E-state index is 0.0856. The third-order valence-corrected chi connectivity index (χ3v) is 1.41. The maximum absolute atomic E-state index is 10.4. The second-order valence-corrected chi connectivity index (χ2v) is 2.17. The van der Waals surface area contributed by atoms with Gasteiger partial charge in [0.25, 0.3) is 0 Å². The lowest BCUT2D eigenvalue weighted by atomic mass is 10.1. The number of aliphatic hydroxyl groups excluding tert-OH is 1. The fourth-order valence-corrected chi connectivity index (χ4v) is 0.736. The molecule has 0 spiro atoms. The molecule has 1 unspecified atom stereocenters. The van der Waals surface area contributed by atoms with E-state index in [2.05, 4.69) is 5.32 Å². The van der Waals surface area contributed by atoms with E-state index in [1.807, 2.05) is 6.92 Å². The summed E-state index contributed by atoms with van der Waals surface area (Å²) in [6, 6.07) is 0. The van der Waals surface area contributed by atoms with E-state index in [9.17, 15) is 4.79 Å². The Labute approximate surface area is 47.7 Å². The van der Waals surface area contributed by atoms with Gasteiger partial charge in [0.05, 0.1) is 0 Å². The normalized spacial score (nSPS) is 37.5. The molecule has 1 amide bonds. The summed E-state index contributed by atoms with van der Waals surface area (Å²) in [4.78, 5) is 10.4. The van der Waals surface area contributed by atoms with E-state index >= 15 is 0 Å². The van der Waals surface area contributed by atoms with Crippen LogP contribution in [0.25, 0.3) is 0 Å². The quantitative estimate of drug-likeness (QED) is 0.430. The summed E-state index contributed by atoms with van der Waals surface area (Å²) in [6.07, 6.45) is -0.769. The molecule has 1 fully saturated rings. The van der Waals surface area contributed by atoms with E-state index in [1.165, 1.54) is 0 Å². The van der Waals surface area contributed by atoms with Crippen LogP contribution in [0.1, 0.15) is 6.92 Å². The van der Waals surface area contributed by atoms with Crippen molar-refractivity contribution in [3.8, 4) is 0 Å². The van der Waals surface area contributed by atoms with E-state index in [0.717, 1.165) is 0 Å². The van der Waals surface area contributed by atoms with Gasteiger partial charge >= 0.3 is 0 Å². The summed E-state index contributed by atoms with van der Waals surface area (Å²) in [5.74, 6) is -0.153. The highest BCUT2D eigenvalue weighted by atomic mass is 16.3. The molecule has 8 heavy (non-hydrogen) atoms. The maximum atomic E-state index is 10.4. The first kappa shape index (κ1) is 5.56. The fraction of sp³-hybridized carbons (Fsp3) is 0.800. The van der Waals surface area contributed by atoms with Gasteiger partial charge in [-0.25, -0.2) is 0 Å². The van der Waals surface area contributed by atoms with Crippen molar-refractivity contribution in [1.82, 2.24) is 5.32 Å². The van der Waals surface area contributed by atoms with Gasteiger partial charge in [-0.15, -0.1) is 0 Å². The predicted molar refractivity (Wildman–Crippen MR) is 28.2 cm³/mol. The molecule has 2 N–H and O–H groups in total. The molecule has 3 heteroatoms. The molecule has 0 aliphatic carbocycles. The number of nitrogens with one attached hydrogen (secondary N) is 1. The Morgan fingerprint density at radius 3 is 2.62 bits per heavy atom. The molecule has 2 atom stereocenters. The zero-order valence-electron chi connectivity index (χ0n) is 4.72. The molecular formula is C5H9NO2. The van der Waals surface area contributed by atoms with E-state index in [0.29, 0.717) is 6.54 Å². The van der Waals surface area contributed by atoms with E-state index in [4.69, 9.17) is 5.11 Å². The van der Waals surface area contributed by atoms with E-state index in [1.54, 1.807) is 0 Å². The minimum Gasteiger partial charge on any atom is -0.383 e. The SMILES string of the molecule is CC1CNC(=O)[C@H]1O.